The van der Waals surface area contributed by atoms with Gasteiger partial charge in [0, 0.05) is 6.42 Å². The molecule has 150 valence electrons. The number of carbonyl (C=O) groups is 1. The first kappa shape index (κ1) is 20.2. The standard InChI is InChI=1S/C18H20N2O6S2/c1-12-10-14(20-17(21)8-9-27(20,22)23)11-13(2)18(12)28(24,25)19-15-6-4-5-7-16(15)26-3/h4-7,10-11,19H,8-9H2,1-3H3. The van der Waals surface area contributed by atoms with E-state index in [0.717, 1.165) is 4.31 Å². The van der Waals surface area contributed by atoms with Crippen LogP contribution in [0.15, 0.2) is 41.3 Å². The topological polar surface area (TPSA) is 110 Å². The number of benzene rings is 2. The Kier molecular flexibility index (Phi) is 5.11. The summed E-state index contributed by atoms with van der Waals surface area (Å²) in [5.41, 5.74) is 1.08. The molecule has 1 aliphatic rings. The van der Waals surface area contributed by atoms with Crippen molar-refractivity contribution in [3.63, 3.8) is 0 Å². The maximum Gasteiger partial charge on any atom is 0.262 e. The summed E-state index contributed by atoms with van der Waals surface area (Å²) in [4.78, 5) is 12.0. The second kappa shape index (κ2) is 7.10. The number of hydrogen-bond acceptors (Lipinski definition) is 6. The SMILES string of the molecule is COc1ccccc1NS(=O)(=O)c1c(C)cc(N2C(=O)CCS2(=O)=O)cc1C. The van der Waals surface area contributed by atoms with Crippen molar-refractivity contribution < 1.29 is 26.4 Å². The van der Waals surface area contributed by atoms with E-state index in [2.05, 4.69) is 4.72 Å². The van der Waals surface area contributed by atoms with Gasteiger partial charge in [0.05, 0.1) is 29.1 Å². The summed E-state index contributed by atoms with van der Waals surface area (Å²) in [6, 6.07) is 9.38. The fourth-order valence-corrected chi connectivity index (χ4v) is 6.23. The Bertz CT molecular complexity index is 1130. The van der Waals surface area contributed by atoms with Crippen LogP contribution in [0, 0.1) is 13.8 Å². The Morgan fingerprint density at radius 1 is 1.11 bits per heavy atom. The van der Waals surface area contributed by atoms with Crippen molar-refractivity contribution in [2.24, 2.45) is 0 Å². The second-order valence-electron chi connectivity index (χ2n) is 6.44. The molecule has 0 unspecified atom stereocenters. The smallest absolute Gasteiger partial charge is 0.262 e. The third-order valence-corrected chi connectivity index (χ3v) is 7.74. The molecule has 8 nitrogen and oxygen atoms in total. The summed E-state index contributed by atoms with van der Waals surface area (Å²) in [6.07, 6.45) is -0.0875. The maximum atomic E-state index is 13.0. The molecule has 10 heteroatoms. The van der Waals surface area contributed by atoms with E-state index in [9.17, 15) is 21.6 Å². The van der Waals surface area contributed by atoms with Crippen LogP contribution >= 0.6 is 0 Å². The third kappa shape index (κ3) is 3.57. The van der Waals surface area contributed by atoms with Crippen LogP contribution in [0.3, 0.4) is 0 Å². The summed E-state index contributed by atoms with van der Waals surface area (Å²) in [5.74, 6) is -0.410. The van der Waals surface area contributed by atoms with E-state index >= 15 is 0 Å². The monoisotopic (exact) mass is 424 g/mol. The number of para-hydroxylation sites is 2. The van der Waals surface area contributed by atoms with E-state index < -0.39 is 26.0 Å². The fourth-order valence-electron chi connectivity index (χ4n) is 3.26. The van der Waals surface area contributed by atoms with Crippen molar-refractivity contribution in [1.29, 1.82) is 0 Å². The number of aryl methyl sites for hydroxylation is 2. The lowest BCUT2D eigenvalue weighted by atomic mass is 10.1. The van der Waals surface area contributed by atoms with Crippen LogP contribution in [0.1, 0.15) is 17.5 Å². The van der Waals surface area contributed by atoms with E-state index in [-0.39, 0.29) is 28.4 Å². The molecule has 0 aliphatic carbocycles. The predicted octanol–water partition coefficient (Wildman–Crippen LogP) is 2.18. The van der Waals surface area contributed by atoms with Crippen molar-refractivity contribution in [1.82, 2.24) is 0 Å². The Morgan fingerprint density at radius 3 is 2.25 bits per heavy atom. The molecule has 3 rings (SSSR count). The van der Waals surface area contributed by atoms with Gasteiger partial charge in [-0.3, -0.25) is 9.52 Å². The zero-order chi connectivity index (χ0) is 20.7. The zero-order valence-electron chi connectivity index (χ0n) is 15.6. The number of methoxy groups -OCH3 is 1. The van der Waals surface area contributed by atoms with Gasteiger partial charge in [-0.2, -0.15) is 0 Å². The average Bonchev–Trinajstić information content (AvgIpc) is 2.86. The molecule has 1 aliphatic heterocycles. The minimum absolute atomic E-state index is 0.0196. The second-order valence-corrected chi connectivity index (χ2v) is 10.00. The van der Waals surface area contributed by atoms with E-state index in [1.54, 1.807) is 38.1 Å². The molecule has 0 spiro atoms. The van der Waals surface area contributed by atoms with Crippen LogP contribution in [0.2, 0.25) is 0 Å². The molecule has 0 bridgehead atoms. The van der Waals surface area contributed by atoms with Gasteiger partial charge >= 0.3 is 0 Å². The molecule has 1 fully saturated rings. The van der Waals surface area contributed by atoms with Crippen LogP contribution in [-0.2, 0) is 24.8 Å². The molecule has 1 saturated heterocycles. The highest BCUT2D eigenvalue weighted by Crippen LogP contribution is 2.33. The lowest BCUT2D eigenvalue weighted by molar-refractivity contribution is -0.116. The van der Waals surface area contributed by atoms with Gasteiger partial charge in [0.1, 0.15) is 5.75 Å². The van der Waals surface area contributed by atoms with Gasteiger partial charge in [0.2, 0.25) is 15.9 Å². The Morgan fingerprint density at radius 2 is 1.71 bits per heavy atom. The summed E-state index contributed by atoms with van der Waals surface area (Å²) >= 11 is 0. The number of rotatable bonds is 5. The number of nitrogens with one attached hydrogen (secondary N) is 1. The average molecular weight is 425 g/mol. The quantitative estimate of drug-likeness (QED) is 0.788. The number of carbonyl (C=O) groups excluding carboxylic acids is 1. The highest BCUT2D eigenvalue weighted by atomic mass is 32.2. The molecule has 1 amide bonds. The Labute approximate surface area is 164 Å². The van der Waals surface area contributed by atoms with Crippen molar-refractivity contribution >= 4 is 37.3 Å². The molecular weight excluding hydrogens is 404 g/mol. The number of hydrogen-bond donors (Lipinski definition) is 1. The lowest BCUT2D eigenvalue weighted by Gasteiger charge is -2.19. The minimum Gasteiger partial charge on any atom is -0.495 e. The molecule has 0 saturated carbocycles. The van der Waals surface area contributed by atoms with Crippen molar-refractivity contribution in [3.8, 4) is 5.75 Å². The molecule has 1 heterocycles. The van der Waals surface area contributed by atoms with Crippen molar-refractivity contribution in [2.45, 2.75) is 25.2 Å². The molecule has 2 aromatic rings. The van der Waals surface area contributed by atoms with Crippen LogP contribution in [0.5, 0.6) is 5.75 Å². The summed E-state index contributed by atoms with van der Waals surface area (Å²) < 4.78 is 58.7. The number of anilines is 2. The van der Waals surface area contributed by atoms with Crippen molar-refractivity contribution in [3.05, 3.63) is 47.5 Å². The van der Waals surface area contributed by atoms with Crippen LogP contribution < -0.4 is 13.8 Å². The molecule has 0 radical (unpaired) electrons. The largest absolute Gasteiger partial charge is 0.495 e. The lowest BCUT2D eigenvalue weighted by Crippen LogP contribution is -2.29. The van der Waals surface area contributed by atoms with E-state index in [1.165, 1.54) is 19.2 Å². The first-order valence-corrected chi connectivity index (χ1v) is 11.5. The predicted molar refractivity (Wildman–Crippen MR) is 106 cm³/mol. The third-order valence-electron chi connectivity index (χ3n) is 4.38. The van der Waals surface area contributed by atoms with E-state index in [1.807, 2.05) is 0 Å². The minimum atomic E-state index is -3.97. The maximum absolute atomic E-state index is 13.0. The first-order valence-electron chi connectivity index (χ1n) is 8.40. The highest BCUT2D eigenvalue weighted by Gasteiger charge is 2.37. The van der Waals surface area contributed by atoms with Gasteiger partial charge in [0.15, 0.2) is 0 Å². The number of ether oxygens (including phenoxy) is 1. The number of nitrogens with zero attached hydrogens (tertiary/aromatic N) is 1. The molecule has 0 atom stereocenters. The van der Waals surface area contributed by atoms with Gasteiger partial charge in [-0.15, -0.1) is 0 Å². The van der Waals surface area contributed by atoms with Gasteiger partial charge < -0.3 is 4.74 Å². The summed E-state index contributed by atoms with van der Waals surface area (Å²) in [6.45, 7) is 3.11. The molecule has 0 aromatic heterocycles. The first-order chi connectivity index (χ1) is 13.1. The van der Waals surface area contributed by atoms with Gasteiger partial charge in [-0.1, -0.05) is 12.1 Å². The molecule has 2 aromatic carbocycles. The van der Waals surface area contributed by atoms with Crippen molar-refractivity contribution in [2.75, 3.05) is 21.9 Å². The summed E-state index contributed by atoms with van der Waals surface area (Å²) in [7, 11) is -6.26. The molecule has 1 N–H and O–H groups in total. The Hall–Kier alpha value is -2.59. The normalized spacial score (nSPS) is 16.2. The van der Waals surface area contributed by atoms with Crippen LogP contribution in [-0.4, -0.2) is 35.6 Å². The summed E-state index contributed by atoms with van der Waals surface area (Å²) in [5, 5.41) is 0. The highest BCUT2D eigenvalue weighted by molar-refractivity contribution is 7.94. The van der Waals surface area contributed by atoms with Gasteiger partial charge in [-0.05, 0) is 49.2 Å². The van der Waals surface area contributed by atoms with Crippen LogP contribution in [0.25, 0.3) is 0 Å². The number of amides is 1. The Balaban J connectivity index is 2.05. The van der Waals surface area contributed by atoms with Gasteiger partial charge in [0.25, 0.3) is 10.0 Å². The van der Waals surface area contributed by atoms with E-state index in [0.29, 0.717) is 16.9 Å². The van der Waals surface area contributed by atoms with Gasteiger partial charge in [-0.25, -0.2) is 21.1 Å². The fraction of sp³-hybridized carbons (Fsp3) is 0.278. The molecule has 28 heavy (non-hydrogen) atoms. The number of sulfonamides is 2. The zero-order valence-corrected chi connectivity index (χ0v) is 17.2. The van der Waals surface area contributed by atoms with Crippen LogP contribution in [0.4, 0.5) is 11.4 Å². The van der Waals surface area contributed by atoms with E-state index in [4.69, 9.17) is 4.74 Å². The molecular formula is C18H20N2O6S2.